The Hall–Kier alpha value is -3.24. The molecular weight excluding hydrogens is 565 g/mol. The van der Waals surface area contributed by atoms with Crippen LogP contribution in [-0.2, 0) is 16.1 Å². The standard InChI is InChI=1S/C28H28Cl2F2N4O4/c29-22-11-34-12-23(30)25(22)24(37)14-36(13-15-7-18(31)9-19(32)8-15)27(38)21(10-33)26(16-1-2-16)35-20-5-3-17(4-6-20)28(39)40/h7-12,16-17,20-21,33H,1-6,13-14H2,(H,39,40). The normalized spacial score (nSPS) is 20.1. The number of ketones is 1. The smallest absolute Gasteiger partial charge is 0.306 e. The zero-order valence-electron chi connectivity index (χ0n) is 21.5. The number of aliphatic imine (C=N–C) groups is 1. The van der Waals surface area contributed by atoms with Crippen LogP contribution < -0.4 is 0 Å². The molecular formula is C28H28Cl2F2N4O4. The van der Waals surface area contributed by atoms with Gasteiger partial charge >= 0.3 is 5.97 Å². The van der Waals surface area contributed by atoms with E-state index in [4.69, 9.17) is 33.6 Å². The maximum atomic E-state index is 14.0. The van der Waals surface area contributed by atoms with E-state index in [1.54, 1.807) is 0 Å². The molecule has 12 heteroatoms. The summed E-state index contributed by atoms with van der Waals surface area (Å²) >= 11 is 12.3. The van der Waals surface area contributed by atoms with E-state index in [1.807, 2.05) is 0 Å². The molecule has 0 bridgehead atoms. The number of amides is 1. The molecule has 2 aliphatic rings. The molecule has 212 valence electrons. The Morgan fingerprint density at radius 2 is 1.60 bits per heavy atom. The number of aliphatic carboxylic acids is 1. The van der Waals surface area contributed by atoms with Gasteiger partial charge in [-0.1, -0.05) is 23.2 Å². The third-order valence-electron chi connectivity index (χ3n) is 7.20. The summed E-state index contributed by atoms with van der Waals surface area (Å²) in [6, 6.07) is 2.66. The highest BCUT2D eigenvalue weighted by atomic mass is 35.5. The Morgan fingerprint density at radius 3 is 2.12 bits per heavy atom. The van der Waals surface area contributed by atoms with Gasteiger partial charge in [-0.05, 0) is 62.1 Å². The average Bonchev–Trinajstić information content (AvgIpc) is 3.73. The number of benzene rings is 1. The van der Waals surface area contributed by atoms with Crippen molar-refractivity contribution in [2.45, 2.75) is 51.1 Å². The van der Waals surface area contributed by atoms with E-state index in [0.717, 1.165) is 36.1 Å². The van der Waals surface area contributed by atoms with Gasteiger partial charge in [-0.25, -0.2) is 8.78 Å². The molecule has 2 aliphatic carbocycles. The first kappa shape index (κ1) is 29.7. The second kappa shape index (κ2) is 13.0. The minimum absolute atomic E-state index is 0.0116. The molecule has 2 saturated carbocycles. The van der Waals surface area contributed by atoms with Gasteiger partial charge in [-0.2, -0.15) is 0 Å². The minimum atomic E-state index is -1.10. The first-order valence-electron chi connectivity index (χ1n) is 12.9. The molecule has 40 heavy (non-hydrogen) atoms. The van der Waals surface area contributed by atoms with E-state index in [-0.39, 0.29) is 39.7 Å². The fourth-order valence-electron chi connectivity index (χ4n) is 5.03. The lowest BCUT2D eigenvalue weighted by Crippen LogP contribution is -2.43. The van der Waals surface area contributed by atoms with Crippen molar-refractivity contribution >= 4 is 52.8 Å². The second-order valence-corrected chi connectivity index (χ2v) is 11.0. The topological polar surface area (TPSA) is 124 Å². The summed E-state index contributed by atoms with van der Waals surface area (Å²) in [7, 11) is 0. The van der Waals surface area contributed by atoms with Gasteiger partial charge in [0, 0.05) is 43.0 Å². The molecule has 1 aromatic heterocycles. The zero-order chi connectivity index (χ0) is 29.0. The van der Waals surface area contributed by atoms with Gasteiger partial charge < -0.3 is 15.4 Å². The van der Waals surface area contributed by atoms with Crippen molar-refractivity contribution in [3.63, 3.8) is 0 Å². The molecule has 8 nitrogen and oxygen atoms in total. The predicted octanol–water partition coefficient (Wildman–Crippen LogP) is 5.64. The molecule has 2 fully saturated rings. The number of hydrogen-bond donors (Lipinski definition) is 2. The highest BCUT2D eigenvalue weighted by molar-refractivity contribution is 6.39. The van der Waals surface area contributed by atoms with E-state index in [2.05, 4.69) is 4.98 Å². The molecule has 0 radical (unpaired) electrons. The molecule has 0 spiro atoms. The van der Waals surface area contributed by atoms with E-state index in [1.165, 1.54) is 12.4 Å². The van der Waals surface area contributed by atoms with Crippen LogP contribution in [0.3, 0.4) is 0 Å². The molecule has 2 N–H and O–H groups in total. The number of Topliss-reactive ketones (excluding diaryl/α,β-unsaturated/α-hetero) is 1. The summed E-state index contributed by atoms with van der Waals surface area (Å²) in [6.45, 7) is -0.835. The van der Waals surface area contributed by atoms with Crippen molar-refractivity contribution in [3.05, 3.63) is 63.4 Å². The summed E-state index contributed by atoms with van der Waals surface area (Å²) < 4.78 is 27.9. The summed E-state index contributed by atoms with van der Waals surface area (Å²) in [5.74, 6) is -5.27. The van der Waals surface area contributed by atoms with Gasteiger partial charge in [0.25, 0.3) is 0 Å². The monoisotopic (exact) mass is 592 g/mol. The fourth-order valence-corrected chi connectivity index (χ4v) is 5.60. The number of rotatable bonds is 11. The molecule has 1 heterocycles. The molecule has 1 amide bonds. The summed E-state index contributed by atoms with van der Waals surface area (Å²) in [4.78, 5) is 48.3. The summed E-state index contributed by atoms with van der Waals surface area (Å²) in [5, 5.41) is 17.4. The van der Waals surface area contributed by atoms with Crippen LogP contribution in [0.4, 0.5) is 8.78 Å². The van der Waals surface area contributed by atoms with Gasteiger partial charge in [0.05, 0.1) is 28.1 Å². The number of carboxylic acids is 1. The van der Waals surface area contributed by atoms with Crippen LogP contribution in [0.2, 0.25) is 10.0 Å². The third kappa shape index (κ3) is 7.28. The van der Waals surface area contributed by atoms with Crippen molar-refractivity contribution in [2.24, 2.45) is 22.7 Å². The Labute approximate surface area is 239 Å². The molecule has 2 aromatic rings. The van der Waals surface area contributed by atoms with Gasteiger partial charge in [0.15, 0.2) is 5.78 Å². The van der Waals surface area contributed by atoms with Crippen molar-refractivity contribution < 1.29 is 28.3 Å². The Morgan fingerprint density at radius 1 is 1.02 bits per heavy atom. The average molecular weight is 593 g/mol. The van der Waals surface area contributed by atoms with Gasteiger partial charge in [-0.3, -0.25) is 24.4 Å². The first-order valence-corrected chi connectivity index (χ1v) is 13.7. The number of carbonyl (C=O) groups is 3. The second-order valence-electron chi connectivity index (χ2n) is 10.2. The van der Waals surface area contributed by atoms with Crippen molar-refractivity contribution in [2.75, 3.05) is 6.54 Å². The third-order valence-corrected chi connectivity index (χ3v) is 7.77. The fraction of sp³-hybridized carbons (Fsp3) is 0.429. The maximum Gasteiger partial charge on any atom is 0.306 e. The number of aromatic nitrogens is 1. The van der Waals surface area contributed by atoms with E-state index in [0.29, 0.717) is 37.5 Å². The molecule has 1 aromatic carbocycles. The SMILES string of the molecule is N=CC(C(=O)N(CC(=O)c1c(Cl)cncc1Cl)Cc1cc(F)cc(F)c1)C(=NC1CCC(C(=O)O)CC1)C1CC1. The molecule has 1 unspecified atom stereocenters. The number of carboxylic acid groups (broad SMARTS) is 1. The quantitative estimate of drug-likeness (QED) is 0.258. The van der Waals surface area contributed by atoms with Gasteiger partial charge in [0.1, 0.15) is 17.6 Å². The van der Waals surface area contributed by atoms with Crippen LogP contribution in [0.25, 0.3) is 0 Å². The number of carbonyl (C=O) groups excluding carboxylic acids is 2. The predicted molar refractivity (Wildman–Crippen MR) is 146 cm³/mol. The van der Waals surface area contributed by atoms with Crippen LogP contribution in [-0.4, -0.2) is 57.2 Å². The van der Waals surface area contributed by atoms with Crippen LogP contribution in [0.15, 0.2) is 35.6 Å². The highest BCUT2D eigenvalue weighted by Gasteiger charge is 2.39. The number of nitrogens with one attached hydrogen (secondary N) is 1. The van der Waals surface area contributed by atoms with Crippen LogP contribution in [0, 0.1) is 34.8 Å². The van der Waals surface area contributed by atoms with Crippen molar-refractivity contribution in [1.29, 1.82) is 5.41 Å². The lowest BCUT2D eigenvalue weighted by atomic mass is 9.86. The largest absolute Gasteiger partial charge is 0.481 e. The van der Waals surface area contributed by atoms with E-state index >= 15 is 0 Å². The van der Waals surface area contributed by atoms with Gasteiger partial charge in [0.2, 0.25) is 5.91 Å². The highest BCUT2D eigenvalue weighted by Crippen LogP contribution is 2.36. The molecule has 4 rings (SSSR count). The molecule has 0 aliphatic heterocycles. The van der Waals surface area contributed by atoms with Crippen molar-refractivity contribution in [1.82, 2.24) is 9.88 Å². The minimum Gasteiger partial charge on any atom is -0.481 e. The maximum absolute atomic E-state index is 14.0. The lowest BCUT2D eigenvalue weighted by Gasteiger charge is -2.28. The zero-order valence-corrected chi connectivity index (χ0v) is 23.0. The van der Waals surface area contributed by atoms with Crippen LogP contribution in [0.1, 0.15) is 54.4 Å². The van der Waals surface area contributed by atoms with Crippen molar-refractivity contribution in [3.8, 4) is 0 Å². The summed E-state index contributed by atoms with van der Waals surface area (Å²) in [6.07, 6.45) is 7.09. The lowest BCUT2D eigenvalue weighted by molar-refractivity contribution is -0.142. The Bertz CT molecular complexity index is 1300. The molecule has 1 atom stereocenters. The van der Waals surface area contributed by atoms with E-state index < -0.39 is 47.7 Å². The molecule has 0 saturated heterocycles. The van der Waals surface area contributed by atoms with Gasteiger partial charge in [-0.15, -0.1) is 0 Å². The first-order chi connectivity index (χ1) is 19.1. The number of hydrogen-bond acceptors (Lipinski definition) is 6. The summed E-state index contributed by atoms with van der Waals surface area (Å²) in [5.41, 5.74) is 0.590. The van der Waals surface area contributed by atoms with Crippen LogP contribution >= 0.6 is 23.2 Å². The Balaban J connectivity index is 1.64. The number of pyridine rings is 1. The van der Waals surface area contributed by atoms with E-state index in [9.17, 15) is 28.3 Å². The van der Waals surface area contributed by atoms with Crippen LogP contribution in [0.5, 0.6) is 0 Å². The number of halogens is 4. The number of nitrogens with zero attached hydrogens (tertiary/aromatic N) is 3. The Kier molecular flexibility index (Phi) is 9.63.